The number of allylic oxidation sites excluding steroid dienone is 2. The molecule has 1 aromatic rings. The Morgan fingerprint density at radius 1 is 1.33 bits per heavy atom. The zero-order chi connectivity index (χ0) is 15.2. The Bertz CT molecular complexity index is 590. The normalized spacial score (nSPS) is 19.3. The summed E-state index contributed by atoms with van der Waals surface area (Å²) in [6.07, 6.45) is 1.75. The zero-order valence-electron chi connectivity index (χ0n) is 11.5. The van der Waals surface area contributed by atoms with Crippen LogP contribution in [0, 0.1) is 5.92 Å². The highest BCUT2D eigenvalue weighted by atomic mass is 16.3. The molecule has 0 aromatic heterocycles. The van der Waals surface area contributed by atoms with Gasteiger partial charge in [-0.2, -0.15) is 0 Å². The van der Waals surface area contributed by atoms with Crippen LogP contribution in [0.1, 0.15) is 23.2 Å². The van der Waals surface area contributed by atoms with Gasteiger partial charge in [-0.15, -0.1) is 0 Å². The molecule has 0 bridgehead atoms. The Labute approximate surface area is 122 Å². The topological polar surface area (TPSA) is 87.0 Å². The van der Waals surface area contributed by atoms with E-state index in [1.54, 1.807) is 24.3 Å². The van der Waals surface area contributed by atoms with Crippen molar-refractivity contribution in [3.05, 3.63) is 47.2 Å². The standard InChI is InChI=1S/C16H17NO4/c18-9-8-17-10-13-14(19)7-6-12(16(13)21)15(20)11-4-2-1-3-5-11/h1-5,10,12,18,21H,6-9H2/t12-/m1/s1. The lowest BCUT2D eigenvalue weighted by molar-refractivity contribution is -0.116. The Morgan fingerprint density at radius 3 is 2.71 bits per heavy atom. The van der Waals surface area contributed by atoms with E-state index in [1.165, 1.54) is 6.21 Å². The molecule has 110 valence electrons. The van der Waals surface area contributed by atoms with Gasteiger partial charge >= 0.3 is 0 Å². The second-order valence-electron chi connectivity index (χ2n) is 4.80. The molecule has 0 radical (unpaired) electrons. The Kier molecular flexibility index (Phi) is 5.00. The van der Waals surface area contributed by atoms with Gasteiger partial charge in [0.15, 0.2) is 11.6 Å². The third-order valence-corrected chi connectivity index (χ3v) is 3.39. The Morgan fingerprint density at radius 2 is 2.05 bits per heavy atom. The zero-order valence-corrected chi connectivity index (χ0v) is 11.5. The molecule has 2 rings (SSSR count). The highest BCUT2D eigenvalue weighted by Crippen LogP contribution is 2.28. The largest absolute Gasteiger partial charge is 0.511 e. The molecule has 0 saturated heterocycles. The molecule has 1 aliphatic carbocycles. The van der Waals surface area contributed by atoms with Gasteiger partial charge in [0.1, 0.15) is 5.76 Å². The van der Waals surface area contributed by atoms with Crippen molar-refractivity contribution in [1.29, 1.82) is 0 Å². The number of hydrogen-bond donors (Lipinski definition) is 2. The van der Waals surface area contributed by atoms with Crippen LogP contribution in [-0.4, -0.2) is 41.1 Å². The van der Waals surface area contributed by atoms with E-state index in [0.717, 1.165) is 0 Å². The molecule has 0 heterocycles. The van der Waals surface area contributed by atoms with E-state index < -0.39 is 5.92 Å². The molecular weight excluding hydrogens is 270 g/mol. The van der Waals surface area contributed by atoms with E-state index in [0.29, 0.717) is 12.0 Å². The molecule has 1 aliphatic rings. The molecule has 21 heavy (non-hydrogen) atoms. The van der Waals surface area contributed by atoms with Gasteiger partial charge in [0, 0.05) is 18.2 Å². The van der Waals surface area contributed by atoms with Crippen LogP contribution in [0.15, 0.2) is 46.7 Å². The second kappa shape index (κ2) is 6.95. The van der Waals surface area contributed by atoms with Gasteiger partial charge in [-0.25, -0.2) is 0 Å². The minimum absolute atomic E-state index is 0.0731. The maximum absolute atomic E-state index is 12.4. The first kappa shape index (κ1) is 15.1. The molecule has 1 aromatic carbocycles. The number of hydrogen-bond acceptors (Lipinski definition) is 5. The molecule has 0 amide bonds. The molecule has 0 saturated carbocycles. The Hall–Kier alpha value is -2.27. The van der Waals surface area contributed by atoms with E-state index in [9.17, 15) is 14.7 Å². The fourth-order valence-corrected chi connectivity index (χ4v) is 2.29. The van der Waals surface area contributed by atoms with E-state index >= 15 is 0 Å². The third kappa shape index (κ3) is 3.44. The van der Waals surface area contributed by atoms with Crippen molar-refractivity contribution in [2.75, 3.05) is 13.2 Å². The summed E-state index contributed by atoms with van der Waals surface area (Å²) in [5.74, 6) is -1.36. The van der Waals surface area contributed by atoms with Crippen LogP contribution in [0.3, 0.4) is 0 Å². The molecule has 2 N–H and O–H groups in total. The number of ketones is 2. The van der Waals surface area contributed by atoms with E-state index in [1.807, 2.05) is 6.07 Å². The van der Waals surface area contributed by atoms with Crippen molar-refractivity contribution in [3.63, 3.8) is 0 Å². The van der Waals surface area contributed by atoms with Crippen LogP contribution in [0.25, 0.3) is 0 Å². The molecule has 0 aliphatic heterocycles. The summed E-state index contributed by atoms with van der Waals surface area (Å²) in [6, 6.07) is 8.69. The number of Topliss-reactive ketones (excluding diaryl/α,β-unsaturated/α-hetero) is 2. The van der Waals surface area contributed by atoms with E-state index in [2.05, 4.69) is 4.99 Å². The van der Waals surface area contributed by atoms with Gasteiger partial charge in [0.25, 0.3) is 0 Å². The van der Waals surface area contributed by atoms with Crippen molar-refractivity contribution in [2.45, 2.75) is 12.8 Å². The average molecular weight is 287 g/mol. The van der Waals surface area contributed by atoms with Crippen LogP contribution >= 0.6 is 0 Å². The number of benzene rings is 1. The number of carbonyl (C=O) groups is 2. The van der Waals surface area contributed by atoms with Gasteiger partial charge in [-0.05, 0) is 6.42 Å². The van der Waals surface area contributed by atoms with Crippen molar-refractivity contribution in [3.8, 4) is 0 Å². The molecule has 5 nitrogen and oxygen atoms in total. The fourth-order valence-electron chi connectivity index (χ4n) is 2.29. The monoisotopic (exact) mass is 287 g/mol. The van der Waals surface area contributed by atoms with Gasteiger partial charge < -0.3 is 10.2 Å². The minimum atomic E-state index is -0.708. The van der Waals surface area contributed by atoms with E-state index in [-0.39, 0.29) is 42.5 Å². The number of nitrogens with zero attached hydrogens (tertiary/aromatic N) is 1. The average Bonchev–Trinajstić information content (AvgIpc) is 2.51. The lowest BCUT2D eigenvalue weighted by atomic mass is 9.83. The lowest BCUT2D eigenvalue weighted by Crippen LogP contribution is -2.26. The Balaban J connectivity index is 2.28. The lowest BCUT2D eigenvalue weighted by Gasteiger charge is -2.21. The summed E-state index contributed by atoms with van der Waals surface area (Å²) >= 11 is 0. The van der Waals surface area contributed by atoms with Crippen molar-refractivity contribution >= 4 is 17.8 Å². The van der Waals surface area contributed by atoms with Gasteiger partial charge in [-0.3, -0.25) is 14.6 Å². The molecule has 5 heteroatoms. The highest BCUT2D eigenvalue weighted by Gasteiger charge is 2.32. The predicted molar refractivity (Wildman–Crippen MR) is 78.6 cm³/mol. The quantitative estimate of drug-likeness (QED) is 0.637. The van der Waals surface area contributed by atoms with Crippen LogP contribution in [0.4, 0.5) is 0 Å². The number of aliphatic hydroxyl groups is 2. The maximum Gasteiger partial charge on any atom is 0.173 e. The SMILES string of the molecule is O=C1CC[C@H](C(=O)c2ccccc2)C(O)=C1C=NCCO. The first-order valence-corrected chi connectivity index (χ1v) is 6.81. The first-order chi connectivity index (χ1) is 10.1. The van der Waals surface area contributed by atoms with Crippen molar-refractivity contribution < 1.29 is 19.8 Å². The number of carbonyl (C=O) groups excluding carboxylic acids is 2. The fraction of sp³-hybridized carbons (Fsp3) is 0.312. The van der Waals surface area contributed by atoms with Crippen molar-refractivity contribution in [1.82, 2.24) is 0 Å². The smallest absolute Gasteiger partial charge is 0.173 e. The molecular formula is C16H17NO4. The number of aliphatic imine (C=N–C) groups is 1. The number of aliphatic hydroxyl groups excluding tert-OH is 2. The molecule has 0 spiro atoms. The molecule has 0 unspecified atom stereocenters. The molecule has 0 fully saturated rings. The van der Waals surface area contributed by atoms with Crippen LogP contribution in [-0.2, 0) is 4.79 Å². The van der Waals surface area contributed by atoms with E-state index in [4.69, 9.17) is 5.11 Å². The van der Waals surface area contributed by atoms with Gasteiger partial charge in [0.05, 0.1) is 24.6 Å². The minimum Gasteiger partial charge on any atom is -0.511 e. The van der Waals surface area contributed by atoms with Crippen LogP contribution in [0.2, 0.25) is 0 Å². The summed E-state index contributed by atoms with van der Waals surface area (Å²) in [5.41, 5.74) is 0.582. The maximum atomic E-state index is 12.4. The summed E-state index contributed by atoms with van der Waals surface area (Å²) in [5, 5.41) is 18.9. The van der Waals surface area contributed by atoms with Gasteiger partial charge in [-0.1, -0.05) is 30.3 Å². The third-order valence-electron chi connectivity index (χ3n) is 3.39. The molecule has 1 atom stereocenters. The first-order valence-electron chi connectivity index (χ1n) is 6.81. The van der Waals surface area contributed by atoms with Crippen LogP contribution < -0.4 is 0 Å². The highest BCUT2D eigenvalue weighted by molar-refractivity contribution is 6.16. The predicted octanol–water partition coefficient (Wildman–Crippen LogP) is 1.72. The summed E-state index contributed by atoms with van der Waals surface area (Å²) in [4.78, 5) is 28.1. The van der Waals surface area contributed by atoms with Gasteiger partial charge in [0.2, 0.25) is 0 Å². The van der Waals surface area contributed by atoms with Crippen LogP contribution in [0.5, 0.6) is 0 Å². The summed E-state index contributed by atoms with van der Waals surface area (Å²) in [6.45, 7) is 0.0203. The van der Waals surface area contributed by atoms with Crippen molar-refractivity contribution in [2.24, 2.45) is 10.9 Å². The summed E-state index contributed by atoms with van der Waals surface area (Å²) < 4.78 is 0. The summed E-state index contributed by atoms with van der Waals surface area (Å²) in [7, 11) is 0. The second-order valence-corrected chi connectivity index (χ2v) is 4.80. The number of rotatable bonds is 5.